The van der Waals surface area contributed by atoms with Gasteiger partial charge in [-0.1, -0.05) is 30.4 Å². The Balaban J connectivity index is 2.54. The van der Waals surface area contributed by atoms with E-state index in [-0.39, 0.29) is 0 Å². The molecular formula is C10H9. The van der Waals surface area contributed by atoms with Crippen molar-refractivity contribution in [2.75, 3.05) is 0 Å². The normalized spacial score (nSPS) is 14.8. The Hall–Kier alpha value is -1.04. The summed E-state index contributed by atoms with van der Waals surface area (Å²) in [6, 6.07) is 9.25. The lowest BCUT2D eigenvalue weighted by molar-refractivity contribution is 0.985. The lowest BCUT2D eigenvalue weighted by Gasteiger charge is -2.07. The highest BCUT2D eigenvalue weighted by Crippen LogP contribution is 2.17. The summed E-state index contributed by atoms with van der Waals surface area (Å²) in [5, 5.41) is 0. The van der Waals surface area contributed by atoms with Crippen LogP contribution in [0.2, 0.25) is 0 Å². The van der Waals surface area contributed by atoms with Gasteiger partial charge < -0.3 is 0 Å². The number of benzene rings is 1. The van der Waals surface area contributed by atoms with Gasteiger partial charge in [-0.25, -0.2) is 0 Å². The average molecular weight is 129 g/mol. The van der Waals surface area contributed by atoms with E-state index in [9.17, 15) is 0 Å². The lowest BCUT2D eigenvalue weighted by atomic mass is 9.98. The molecular weight excluding hydrogens is 120 g/mol. The molecule has 0 heteroatoms. The Labute approximate surface area is 61.2 Å². The van der Waals surface area contributed by atoms with E-state index in [2.05, 4.69) is 30.4 Å². The highest BCUT2D eigenvalue weighted by atomic mass is 14.1. The summed E-state index contributed by atoms with van der Waals surface area (Å²) in [5.74, 6) is 0. The molecule has 0 saturated heterocycles. The van der Waals surface area contributed by atoms with Crippen LogP contribution in [0.25, 0.3) is 6.08 Å². The summed E-state index contributed by atoms with van der Waals surface area (Å²) in [4.78, 5) is 0. The highest BCUT2D eigenvalue weighted by Gasteiger charge is 2.00. The molecule has 0 saturated carbocycles. The molecule has 0 amide bonds. The monoisotopic (exact) mass is 129 g/mol. The average Bonchev–Trinajstić information content (AvgIpc) is 2.05. The predicted molar refractivity (Wildman–Crippen MR) is 42.6 cm³/mol. The molecule has 1 aromatic rings. The van der Waals surface area contributed by atoms with Gasteiger partial charge in [-0.3, -0.25) is 0 Å². The molecule has 10 heavy (non-hydrogen) atoms. The maximum absolute atomic E-state index is 3.09. The number of allylic oxidation sites excluding steroid dienone is 1. The molecule has 0 N–H and O–H groups in total. The summed E-state index contributed by atoms with van der Waals surface area (Å²) >= 11 is 0. The van der Waals surface area contributed by atoms with Crippen LogP contribution in [0.15, 0.2) is 24.3 Å². The van der Waals surface area contributed by atoms with Crippen LogP contribution in [-0.4, -0.2) is 0 Å². The summed E-state index contributed by atoms with van der Waals surface area (Å²) in [5.41, 5.74) is 2.80. The van der Waals surface area contributed by atoms with Crippen molar-refractivity contribution >= 4 is 6.08 Å². The SMILES string of the molecule is [c]1ccc2c(c1)CCC=C2. The van der Waals surface area contributed by atoms with Crippen LogP contribution in [0.1, 0.15) is 17.5 Å². The van der Waals surface area contributed by atoms with Crippen molar-refractivity contribution in [3.05, 3.63) is 41.5 Å². The first-order valence-electron chi connectivity index (χ1n) is 3.62. The maximum atomic E-state index is 3.09. The molecule has 1 aliphatic carbocycles. The minimum Gasteiger partial charge on any atom is -0.0836 e. The van der Waals surface area contributed by atoms with Gasteiger partial charge in [0.1, 0.15) is 0 Å². The first kappa shape index (κ1) is 5.72. The van der Waals surface area contributed by atoms with Crippen LogP contribution in [-0.2, 0) is 6.42 Å². The largest absolute Gasteiger partial charge is 0.0836 e. The van der Waals surface area contributed by atoms with E-state index in [0.717, 1.165) is 0 Å². The van der Waals surface area contributed by atoms with Crippen molar-refractivity contribution < 1.29 is 0 Å². The van der Waals surface area contributed by atoms with Crippen molar-refractivity contribution in [2.45, 2.75) is 12.8 Å². The molecule has 0 heterocycles. The van der Waals surface area contributed by atoms with Gasteiger partial charge in [0.05, 0.1) is 0 Å². The Kier molecular flexibility index (Phi) is 1.31. The minimum absolute atomic E-state index is 1.18. The number of rotatable bonds is 0. The van der Waals surface area contributed by atoms with Gasteiger partial charge in [0.2, 0.25) is 0 Å². The molecule has 2 rings (SSSR count). The molecule has 1 radical (unpaired) electrons. The lowest BCUT2D eigenvalue weighted by Crippen LogP contribution is -1.91. The molecule has 0 aliphatic heterocycles. The molecule has 49 valence electrons. The van der Waals surface area contributed by atoms with Crippen LogP contribution in [0.3, 0.4) is 0 Å². The van der Waals surface area contributed by atoms with Gasteiger partial charge >= 0.3 is 0 Å². The van der Waals surface area contributed by atoms with Crippen molar-refractivity contribution in [2.24, 2.45) is 0 Å². The van der Waals surface area contributed by atoms with Crippen molar-refractivity contribution in [1.82, 2.24) is 0 Å². The molecule has 0 atom stereocenters. The number of hydrogen-bond acceptors (Lipinski definition) is 0. The van der Waals surface area contributed by atoms with Gasteiger partial charge in [-0.15, -0.1) is 0 Å². The van der Waals surface area contributed by atoms with Gasteiger partial charge in [0.25, 0.3) is 0 Å². The first-order valence-corrected chi connectivity index (χ1v) is 3.62. The van der Waals surface area contributed by atoms with E-state index in [0.29, 0.717) is 0 Å². The minimum atomic E-state index is 1.18. The van der Waals surface area contributed by atoms with Gasteiger partial charge in [0, 0.05) is 0 Å². The third kappa shape index (κ3) is 0.860. The van der Waals surface area contributed by atoms with Crippen LogP contribution in [0, 0.1) is 6.07 Å². The van der Waals surface area contributed by atoms with E-state index in [1.54, 1.807) is 0 Å². The van der Waals surface area contributed by atoms with Gasteiger partial charge in [0.15, 0.2) is 0 Å². The van der Waals surface area contributed by atoms with Crippen LogP contribution >= 0.6 is 0 Å². The third-order valence-corrected chi connectivity index (χ3v) is 1.87. The fourth-order valence-corrected chi connectivity index (χ4v) is 1.31. The summed E-state index contributed by atoms with van der Waals surface area (Å²) in [6.07, 6.45) is 6.78. The smallest absolute Gasteiger partial charge is 0.0181 e. The quantitative estimate of drug-likeness (QED) is 0.504. The fraction of sp³-hybridized carbons (Fsp3) is 0.200. The van der Waals surface area contributed by atoms with E-state index in [1.807, 2.05) is 6.07 Å². The Morgan fingerprint density at radius 1 is 1.40 bits per heavy atom. The zero-order chi connectivity index (χ0) is 6.81. The van der Waals surface area contributed by atoms with Gasteiger partial charge in [-0.05, 0) is 30.0 Å². The second-order valence-corrected chi connectivity index (χ2v) is 2.57. The Morgan fingerprint density at radius 2 is 2.40 bits per heavy atom. The van der Waals surface area contributed by atoms with Crippen molar-refractivity contribution in [1.29, 1.82) is 0 Å². The van der Waals surface area contributed by atoms with Crippen LogP contribution in [0.5, 0.6) is 0 Å². The second kappa shape index (κ2) is 2.30. The summed E-state index contributed by atoms with van der Waals surface area (Å²) in [6.45, 7) is 0. The summed E-state index contributed by atoms with van der Waals surface area (Å²) < 4.78 is 0. The van der Waals surface area contributed by atoms with E-state index in [1.165, 1.54) is 24.0 Å². The first-order chi connectivity index (χ1) is 4.97. The van der Waals surface area contributed by atoms with Crippen molar-refractivity contribution in [3.8, 4) is 0 Å². The number of fused-ring (bicyclic) bond motifs is 1. The van der Waals surface area contributed by atoms with E-state index >= 15 is 0 Å². The number of hydrogen-bond donors (Lipinski definition) is 0. The molecule has 0 bridgehead atoms. The zero-order valence-corrected chi connectivity index (χ0v) is 5.80. The second-order valence-electron chi connectivity index (χ2n) is 2.57. The van der Waals surface area contributed by atoms with E-state index < -0.39 is 0 Å². The third-order valence-electron chi connectivity index (χ3n) is 1.87. The molecule has 0 spiro atoms. The maximum Gasteiger partial charge on any atom is -0.0181 e. The molecule has 1 aliphatic rings. The molecule has 0 unspecified atom stereocenters. The van der Waals surface area contributed by atoms with E-state index in [4.69, 9.17) is 0 Å². The highest BCUT2D eigenvalue weighted by molar-refractivity contribution is 5.55. The van der Waals surface area contributed by atoms with Gasteiger partial charge in [-0.2, -0.15) is 0 Å². The van der Waals surface area contributed by atoms with Crippen LogP contribution < -0.4 is 0 Å². The Bertz CT molecular complexity index is 258. The summed E-state index contributed by atoms with van der Waals surface area (Å²) in [7, 11) is 0. The number of aryl methyl sites for hydroxylation is 1. The molecule has 0 aromatic heterocycles. The molecule has 0 nitrogen and oxygen atoms in total. The topological polar surface area (TPSA) is 0 Å². The van der Waals surface area contributed by atoms with Crippen LogP contribution in [0.4, 0.5) is 0 Å². The zero-order valence-electron chi connectivity index (χ0n) is 5.80. The predicted octanol–water partition coefficient (Wildman–Crippen LogP) is 2.45. The Morgan fingerprint density at radius 3 is 3.30 bits per heavy atom. The standard InChI is InChI=1S/C10H9/c1-2-6-10-8-4-3-7-9(10)5-1/h1,3,5,7-8H,2,6H2. The molecule has 0 fully saturated rings. The van der Waals surface area contributed by atoms with Crippen molar-refractivity contribution in [3.63, 3.8) is 0 Å². The molecule has 1 aromatic carbocycles. The fourth-order valence-electron chi connectivity index (χ4n) is 1.31.